The van der Waals surface area contributed by atoms with E-state index in [-0.39, 0.29) is 31.2 Å². The van der Waals surface area contributed by atoms with Crippen molar-refractivity contribution in [2.24, 2.45) is 11.7 Å². The number of ether oxygens (including phenoxy) is 2. The molecule has 3 heterocycles. The molecular formula is C36H36N4O7. The highest BCUT2D eigenvalue weighted by atomic mass is 16.5. The van der Waals surface area contributed by atoms with Gasteiger partial charge in [-0.25, -0.2) is 0 Å². The number of nitriles is 1. The number of amides is 1. The Labute approximate surface area is 272 Å². The first-order valence-corrected chi connectivity index (χ1v) is 15.3. The van der Waals surface area contributed by atoms with Crippen molar-refractivity contribution < 1.29 is 33.4 Å². The lowest BCUT2D eigenvalue weighted by Crippen LogP contribution is -2.47. The summed E-state index contributed by atoms with van der Waals surface area (Å²) in [6.07, 6.45) is 2.28. The van der Waals surface area contributed by atoms with Gasteiger partial charge in [0.05, 0.1) is 30.7 Å². The normalized spacial score (nSPS) is 15.3. The molecule has 0 radical (unpaired) electrons. The summed E-state index contributed by atoms with van der Waals surface area (Å²) >= 11 is 0. The molecule has 0 aliphatic carbocycles. The van der Waals surface area contributed by atoms with E-state index >= 15 is 0 Å². The molecule has 0 bridgehead atoms. The molecule has 0 saturated heterocycles. The summed E-state index contributed by atoms with van der Waals surface area (Å²) in [7, 11) is 0. The van der Waals surface area contributed by atoms with Gasteiger partial charge in [0.15, 0.2) is 5.41 Å². The number of primary amides is 1. The molecule has 47 heavy (non-hydrogen) atoms. The Morgan fingerprint density at radius 1 is 0.830 bits per heavy atom. The van der Waals surface area contributed by atoms with Gasteiger partial charge in [0.25, 0.3) is 0 Å². The van der Waals surface area contributed by atoms with Crippen molar-refractivity contribution in [2.75, 3.05) is 13.2 Å². The van der Waals surface area contributed by atoms with Gasteiger partial charge >= 0.3 is 11.9 Å². The van der Waals surface area contributed by atoms with Crippen molar-refractivity contribution in [3.63, 3.8) is 0 Å². The van der Waals surface area contributed by atoms with Gasteiger partial charge in [0.1, 0.15) is 5.92 Å². The molecule has 0 spiro atoms. The summed E-state index contributed by atoms with van der Waals surface area (Å²) in [4.78, 5) is 61.3. The number of esters is 2. The molecule has 2 N–H and O–H groups in total. The Kier molecular flexibility index (Phi) is 11.2. The third kappa shape index (κ3) is 7.23. The Bertz CT molecular complexity index is 1790. The van der Waals surface area contributed by atoms with Gasteiger partial charge in [-0.1, -0.05) is 60.7 Å². The quantitative estimate of drug-likeness (QED) is 0.137. The van der Waals surface area contributed by atoms with Crippen LogP contribution in [0.5, 0.6) is 0 Å². The molecule has 1 aliphatic rings. The van der Waals surface area contributed by atoms with E-state index in [2.05, 4.69) is 0 Å². The van der Waals surface area contributed by atoms with E-state index in [0.29, 0.717) is 47.7 Å². The number of carbonyl (C=O) groups is 5. The van der Waals surface area contributed by atoms with E-state index < -0.39 is 29.2 Å². The van der Waals surface area contributed by atoms with Gasteiger partial charge in [0, 0.05) is 36.1 Å². The number of nitrogens with two attached hydrogens (primary N) is 1. The molecule has 2 atom stereocenters. The summed E-state index contributed by atoms with van der Waals surface area (Å²) < 4.78 is 13.4. The van der Waals surface area contributed by atoms with E-state index in [9.17, 15) is 24.0 Å². The van der Waals surface area contributed by atoms with Crippen molar-refractivity contribution in [1.82, 2.24) is 9.13 Å². The Morgan fingerprint density at radius 2 is 1.43 bits per heavy atom. The Hall–Kier alpha value is -5.76. The summed E-state index contributed by atoms with van der Waals surface area (Å²) in [6, 6.07) is 26.6. The van der Waals surface area contributed by atoms with Gasteiger partial charge in [-0.15, -0.1) is 0 Å². The maximum atomic E-state index is 12.7. The van der Waals surface area contributed by atoms with Crippen LogP contribution in [0.15, 0.2) is 91.1 Å². The van der Waals surface area contributed by atoms with Crippen LogP contribution in [-0.2, 0) is 42.4 Å². The molecule has 4 aromatic rings. The van der Waals surface area contributed by atoms with Crippen molar-refractivity contribution in [2.45, 2.75) is 45.2 Å². The molecule has 2 unspecified atom stereocenters. The minimum absolute atomic E-state index is 0.0831. The van der Waals surface area contributed by atoms with Crippen LogP contribution < -0.4 is 5.73 Å². The topological polar surface area (TPSA) is 163 Å². The molecule has 11 heteroatoms. The molecule has 11 nitrogen and oxygen atoms in total. The molecule has 0 fully saturated rings. The fourth-order valence-corrected chi connectivity index (χ4v) is 5.53. The number of nitrogens with zero attached hydrogens (tertiary/aromatic N) is 3. The predicted octanol–water partition coefficient (Wildman–Crippen LogP) is 4.22. The van der Waals surface area contributed by atoms with E-state index in [0.717, 1.165) is 0 Å². The lowest BCUT2D eigenvalue weighted by Gasteiger charge is -2.22. The summed E-state index contributed by atoms with van der Waals surface area (Å²) in [5.74, 6) is -2.99. The maximum Gasteiger partial charge on any atom is 0.327 e. The number of fused-ring (bicyclic) bond motifs is 1. The van der Waals surface area contributed by atoms with Crippen LogP contribution in [0.25, 0.3) is 0 Å². The molecule has 1 aliphatic heterocycles. The summed E-state index contributed by atoms with van der Waals surface area (Å²) in [6.45, 7) is 4.54. The van der Waals surface area contributed by atoms with Gasteiger partial charge < -0.3 is 24.3 Å². The highest BCUT2D eigenvalue weighted by molar-refractivity contribution is 6.11. The number of ketones is 2. The molecule has 242 valence electrons. The number of aryl methyl sites for hydroxylation is 1. The first-order valence-electron chi connectivity index (χ1n) is 15.3. The smallest absolute Gasteiger partial charge is 0.327 e. The molecule has 5 rings (SSSR count). The minimum atomic E-state index is -1.52. The lowest BCUT2D eigenvalue weighted by atomic mass is 9.82. The van der Waals surface area contributed by atoms with E-state index in [1.807, 2.05) is 30.3 Å². The van der Waals surface area contributed by atoms with Crippen LogP contribution in [-0.4, -0.2) is 51.8 Å². The maximum absolute atomic E-state index is 12.7. The van der Waals surface area contributed by atoms with Crippen molar-refractivity contribution >= 4 is 29.4 Å². The van der Waals surface area contributed by atoms with Crippen LogP contribution in [0.2, 0.25) is 0 Å². The molecular weight excluding hydrogens is 600 g/mol. The standard InChI is InChI=1S/C18H18N2O4.C18H18N2O3/c1-2-24-17(23)18(16(19)22)10-11-20-13(8-9-14(18)20)15(21)12-6-4-3-5-7-12;1-2-23-18(22)15(13-19)10-12-20-11-6-9-16(20)17(21)14-7-4-3-5-8-14/h3-9H,2,10-11H2,1H3,(H2,19,22);3-9,11,15H,2,10,12H2,1H3. The highest BCUT2D eigenvalue weighted by Crippen LogP contribution is 2.38. The van der Waals surface area contributed by atoms with Crippen LogP contribution in [0.1, 0.15) is 64.5 Å². The van der Waals surface area contributed by atoms with Gasteiger partial charge in [0.2, 0.25) is 17.5 Å². The number of carbonyl (C=O) groups excluding carboxylic acids is 5. The average Bonchev–Trinajstić information content (AvgIpc) is 3.82. The van der Waals surface area contributed by atoms with Crippen LogP contribution in [0.4, 0.5) is 0 Å². The van der Waals surface area contributed by atoms with Crippen LogP contribution >= 0.6 is 0 Å². The van der Waals surface area contributed by atoms with Crippen molar-refractivity contribution in [1.29, 1.82) is 5.26 Å². The number of aromatic nitrogens is 2. The van der Waals surface area contributed by atoms with Gasteiger partial charge in [-0.2, -0.15) is 5.26 Å². The van der Waals surface area contributed by atoms with Crippen LogP contribution in [0.3, 0.4) is 0 Å². The second kappa shape index (κ2) is 15.5. The Balaban J connectivity index is 0.000000213. The lowest BCUT2D eigenvalue weighted by molar-refractivity contribution is -0.154. The summed E-state index contributed by atoms with van der Waals surface area (Å²) in [5.41, 5.74) is 6.56. The van der Waals surface area contributed by atoms with Crippen LogP contribution in [0, 0.1) is 17.2 Å². The number of hydrogen-bond acceptors (Lipinski definition) is 8. The zero-order chi connectivity index (χ0) is 34.0. The first kappa shape index (κ1) is 34.1. The number of hydrogen-bond donors (Lipinski definition) is 1. The molecule has 2 aromatic heterocycles. The molecule has 0 saturated carbocycles. The third-order valence-electron chi connectivity index (χ3n) is 7.93. The second-order valence-electron chi connectivity index (χ2n) is 10.7. The molecule has 2 aromatic carbocycles. The molecule has 1 amide bonds. The third-order valence-corrected chi connectivity index (χ3v) is 7.93. The highest BCUT2D eigenvalue weighted by Gasteiger charge is 2.53. The first-order chi connectivity index (χ1) is 22.7. The predicted molar refractivity (Wildman–Crippen MR) is 171 cm³/mol. The zero-order valence-corrected chi connectivity index (χ0v) is 26.3. The second-order valence-corrected chi connectivity index (χ2v) is 10.7. The fourth-order valence-electron chi connectivity index (χ4n) is 5.53. The van der Waals surface area contributed by atoms with Crippen molar-refractivity contribution in [3.05, 3.63) is 119 Å². The van der Waals surface area contributed by atoms with Gasteiger partial charge in [-0.05, 0) is 51.0 Å². The fraction of sp³-hybridized carbons (Fsp3) is 0.278. The largest absolute Gasteiger partial charge is 0.465 e. The number of benzene rings is 2. The average molecular weight is 637 g/mol. The van der Waals surface area contributed by atoms with Crippen molar-refractivity contribution in [3.8, 4) is 6.07 Å². The Morgan fingerprint density at radius 3 is 1.98 bits per heavy atom. The summed E-state index contributed by atoms with van der Waals surface area (Å²) in [5, 5.41) is 9.08. The minimum Gasteiger partial charge on any atom is -0.465 e. The monoisotopic (exact) mass is 636 g/mol. The SMILES string of the molecule is CCOC(=O)C(C#N)CCn1cccc1C(=O)c1ccccc1.CCOC(=O)C1(C(N)=O)CCn2c(C(=O)c3ccccc3)ccc21. The van der Waals surface area contributed by atoms with E-state index in [1.165, 1.54) is 0 Å². The van der Waals surface area contributed by atoms with E-state index in [4.69, 9.17) is 20.5 Å². The van der Waals surface area contributed by atoms with Gasteiger partial charge in [-0.3, -0.25) is 24.0 Å². The number of rotatable bonds is 12. The zero-order valence-electron chi connectivity index (χ0n) is 26.3. The van der Waals surface area contributed by atoms with E-state index in [1.54, 1.807) is 89.8 Å².